The molecule has 5 nitrogen and oxygen atoms in total. The fraction of sp³-hybridized carbons (Fsp3) is 0.111. The molecule has 27 heavy (non-hydrogen) atoms. The first kappa shape index (κ1) is 18.8. The third-order valence-electron chi connectivity index (χ3n) is 3.75. The lowest BCUT2D eigenvalue weighted by molar-refractivity contribution is -0.274. The van der Waals surface area contributed by atoms with Gasteiger partial charge < -0.3 is 14.5 Å². The monoisotopic (exact) mass is 397 g/mol. The van der Waals surface area contributed by atoms with Crippen LogP contribution in [0.3, 0.4) is 0 Å². The zero-order chi connectivity index (χ0) is 19.8. The number of aromatic nitrogens is 1. The fourth-order valence-electron chi connectivity index (χ4n) is 2.58. The number of Topliss-reactive ketones (excluding diaryl/α,β-unsaturated/α-hetero) is 2. The number of nitrogens with one attached hydrogen (secondary N) is 1. The molecule has 140 valence electrons. The van der Waals surface area contributed by atoms with Crippen LogP contribution in [0.1, 0.15) is 20.7 Å². The van der Waals surface area contributed by atoms with Gasteiger partial charge in [0.2, 0.25) is 11.6 Å². The molecule has 0 spiro atoms. The Labute approximate surface area is 155 Å². The Bertz CT molecular complexity index is 1040. The van der Waals surface area contributed by atoms with Crippen molar-refractivity contribution in [3.05, 3.63) is 58.7 Å². The predicted molar refractivity (Wildman–Crippen MR) is 91.6 cm³/mol. The summed E-state index contributed by atoms with van der Waals surface area (Å²) >= 11 is 5.84. The van der Waals surface area contributed by atoms with Crippen LogP contribution in [0.2, 0.25) is 5.02 Å². The van der Waals surface area contributed by atoms with Crippen molar-refractivity contribution >= 4 is 34.1 Å². The highest BCUT2D eigenvalue weighted by Crippen LogP contribution is 2.30. The minimum absolute atomic E-state index is 0.0102. The topological polar surface area (TPSA) is 68.4 Å². The van der Waals surface area contributed by atoms with Gasteiger partial charge in [-0.2, -0.15) is 0 Å². The van der Waals surface area contributed by atoms with Crippen molar-refractivity contribution in [3.63, 3.8) is 0 Å². The average molecular weight is 398 g/mol. The first-order chi connectivity index (χ1) is 12.7. The number of hydrogen-bond donors (Lipinski definition) is 1. The van der Waals surface area contributed by atoms with Crippen LogP contribution in [0, 0.1) is 0 Å². The molecule has 1 N–H and O–H groups in total. The number of fused-ring (bicyclic) bond motifs is 1. The summed E-state index contributed by atoms with van der Waals surface area (Å²) < 4.78 is 46.2. The number of alkyl halides is 3. The number of ether oxygens (including phenoxy) is 2. The molecular formula is C18H11ClF3NO4. The van der Waals surface area contributed by atoms with Gasteiger partial charge in [-0.05, 0) is 36.4 Å². The minimum atomic E-state index is -4.87. The Morgan fingerprint density at radius 2 is 1.74 bits per heavy atom. The third-order valence-corrected chi connectivity index (χ3v) is 3.98. The average Bonchev–Trinajstić information content (AvgIpc) is 3.02. The van der Waals surface area contributed by atoms with Crippen LogP contribution < -0.4 is 9.47 Å². The minimum Gasteiger partial charge on any atom is -0.496 e. The number of methoxy groups -OCH3 is 1. The summed E-state index contributed by atoms with van der Waals surface area (Å²) in [5.41, 5.74) is 0.285. The lowest BCUT2D eigenvalue weighted by atomic mass is 10.00. The van der Waals surface area contributed by atoms with E-state index >= 15 is 0 Å². The normalized spacial score (nSPS) is 11.4. The number of aromatic amines is 1. The zero-order valence-electron chi connectivity index (χ0n) is 13.7. The van der Waals surface area contributed by atoms with Crippen LogP contribution in [0.25, 0.3) is 10.9 Å². The number of carbonyl (C=O) groups excluding carboxylic acids is 2. The zero-order valence-corrected chi connectivity index (χ0v) is 14.4. The number of halogens is 4. The smallest absolute Gasteiger partial charge is 0.496 e. The van der Waals surface area contributed by atoms with Gasteiger partial charge in [0.25, 0.3) is 0 Å². The van der Waals surface area contributed by atoms with E-state index in [-0.39, 0.29) is 22.3 Å². The molecule has 0 bridgehead atoms. The molecule has 0 aliphatic carbocycles. The lowest BCUT2D eigenvalue weighted by Gasteiger charge is -2.09. The van der Waals surface area contributed by atoms with Gasteiger partial charge in [-0.15, -0.1) is 13.2 Å². The van der Waals surface area contributed by atoms with Crippen molar-refractivity contribution in [2.24, 2.45) is 0 Å². The molecule has 0 atom stereocenters. The number of H-pyrrole nitrogens is 1. The highest BCUT2D eigenvalue weighted by atomic mass is 35.5. The summed E-state index contributed by atoms with van der Waals surface area (Å²) in [7, 11) is 1.32. The van der Waals surface area contributed by atoms with Crippen molar-refractivity contribution in [2.45, 2.75) is 6.36 Å². The summed E-state index contributed by atoms with van der Waals surface area (Å²) in [6.45, 7) is 0. The Morgan fingerprint density at radius 1 is 1.04 bits per heavy atom. The summed E-state index contributed by atoms with van der Waals surface area (Å²) in [6, 6.07) is 7.61. The lowest BCUT2D eigenvalue weighted by Crippen LogP contribution is -2.17. The Morgan fingerprint density at radius 3 is 2.41 bits per heavy atom. The Kier molecular flexibility index (Phi) is 4.84. The molecule has 9 heteroatoms. The molecule has 0 unspecified atom stereocenters. The highest BCUT2D eigenvalue weighted by molar-refractivity contribution is 6.51. The van der Waals surface area contributed by atoms with Crippen LogP contribution in [-0.2, 0) is 0 Å². The molecule has 1 heterocycles. The van der Waals surface area contributed by atoms with Gasteiger partial charge in [-0.1, -0.05) is 11.6 Å². The first-order valence-corrected chi connectivity index (χ1v) is 7.87. The molecule has 0 aliphatic rings. The number of ketones is 2. The standard InChI is InChI=1S/C18H11ClF3NO4/c1-26-15-6-9(19)2-4-11(15)16(24)17(25)13-8-23-14-5-3-10(7-12(13)14)27-18(20,21)22/h2-8,23H,1H3. The van der Waals surface area contributed by atoms with Crippen LogP contribution in [0.5, 0.6) is 11.5 Å². The number of rotatable bonds is 5. The van der Waals surface area contributed by atoms with E-state index in [1.54, 1.807) is 0 Å². The quantitative estimate of drug-likeness (QED) is 0.496. The van der Waals surface area contributed by atoms with Gasteiger partial charge in [0.15, 0.2) is 0 Å². The maximum absolute atomic E-state index is 12.6. The van der Waals surface area contributed by atoms with E-state index in [0.717, 1.165) is 12.1 Å². The van der Waals surface area contributed by atoms with Crippen molar-refractivity contribution in [1.29, 1.82) is 0 Å². The molecule has 3 aromatic rings. The summed E-state index contributed by atoms with van der Waals surface area (Å²) in [5.74, 6) is -2.18. The van der Waals surface area contributed by atoms with E-state index in [9.17, 15) is 22.8 Å². The number of hydrogen-bond acceptors (Lipinski definition) is 4. The molecule has 2 aromatic carbocycles. The van der Waals surface area contributed by atoms with Gasteiger partial charge in [0, 0.05) is 22.1 Å². The number of carbonyl (C=O) groups is 2. The second kappa shape index (κ2) is 6.96. The molecule has 0 radical (unpaired) electrons. The molecule has 1 aromatic heterocycles. The fourth-order valence-corrected chi connectivity index (χ4v) is 2.74. The van der Waals surface area contributed by atoms with Crippen LogP contribution in [0.4, 0.5) is 13.2 Å². The maximum atomic E-state index is 12.6. The van der Waals surface area contributed by atoms with Crippen molar-refractivity contribution in [2.75, 3.05) is 7.11 Å². The SMILES string of the molecule is COc1cc(Cl)ccc1C(=O)C(=O)c1c[nH]c2ccc(OC(F)(F)F)cc12. The Hall–Kier alpha value is -3.00. The van der Waals surface area contributed by atoms with Gasteiger partial charge in [0.1, 0.15) is 11.5 Å². The largest absolute Gasteiger partial charge is 0.573 e. The van der Waals surface area contributed by atoms with Crippen molar-refractivity contribution in [3.8, 4) is 11.5 Å². The third kappa shape index (κ3) is 3.90. The molecule has 0 aliphatic heterocycles. The molecule has 3 rings (SSSR count). The van der Waals surface area contributed by atoms with E-state index in [1.165, 1.54) is 37.6 Å². The highest BCUT2D eigenvalue weighted by Gasteiger charge is 2.31. The van der Waals surface area contributed by atoms with Gasteiger partial charge in [-0.3, -0.25) is 9.59 Å². The van der Waals surface area contributed by atoms with E-state index in [2.05, 4.69) is 9.72 Å². The Balaban J connectivity index is 2.00. The second-order valence-electron chi connectivity index (χ2n) is 5.46. The predicted octanol–water partition coefficient (Wildman–Crippen LogP) is 4.79. The van der Waals surface area contributed by atoms with Gasteiger partial charge in [-0.25, -0.2) is 0 Å². The van der Waals surface area contributed by atoms with Gasteiger partial charge >= 0.3 is 6.36 Å². The molecular weight excluding hydrogens is 387 g/mol. The van der Waals surface area contributed by atoms with Gasteiger partial charge in [0.05, 0.1) is 18.2 Å². The summed E-state index contributed by atoms with van der Waals surface area (Å²) in [4.78, 5) is 28.0. The molecule has 0 saturated carbocycles. The number of benzene rings is 2. The van der Waals surface area contributed by atoms with Crippen LogP contribution >= 0.6 is 11.6 Å². The van der Waals surface area contributed by atoms with E-state index in [1.807, 2.05) is 0 Å². The molecule has 0 saturated heterocycles. The summed E-state index contributed by atoms with van der Waals surface area (Å²) in [5, 5.41) is 0.444. The van der Waals surface area contributed by atoms with Crippen LogP contribution in [0.15, 0.2) is 42.6 Å². The van der Waals surface area contributed by atoms with E-state index in [4.69, 9.17) is 16.3 Å². The second-order valence-corrected chi connectivity index (χ2v) is 5.90. The van der Waals surface area contributed by atoms with Crippen LogP contribution in [-0.4, -0.2) is 30.0 Å². The maximum Gasteiger partial charge on any atom is 0.573 e. The van der Waals surface area contributed by atoms with E-state index < -0.39 is 23.7 Å². The summed E-state index contributed by atoms with van der Waals surface area (Å²) in [6.07, 6.45) is -3.62. The first-order valence-electron chi connectivity index (χ1n) is 7.49. The van der Waals surface area contributed by atoms with Crippen molar-refractivity contribution in [1.82, 2.24) is 4.98 Å². The van der Waals surface area contributed by atoms with Crippen molar-refractivity contribution < 1.29 is 32.2 Å². The molecule has 0 amide bonds. The van der Waals surface area contributed by atoms with E-state index in [0.29, 0.717) is 10.5 Å². The molecule has 0 fully saturated rings.